The monoisotopic (exact) mass is 278 g/mol. The number of piperidine rings is 1. The highest BCUT2D eigenvalue weighted by Gasteiger charge is 2.29. The Hall–Kier alpha value is -1.15. The first kappa shape index (κ1) is 14.9. The van der Waals surface area contributed by atoms with Crippen LogP contribution in [0.3, 0.4) is 0 Å². The predicted molar refractivity (Wildman–Crippen MR) is 64.4 cm³/mol. The minimum atomic E-state index is -3.21. The largest absolute Gasteiger partial charge is 0.481 e. The molecule has 1 saturated heterocycles. The first-order valence-electron chi connectivity index (χ1n) is 5.75. The van der Waals surface area contributed by atoms with E-state index >= 15 is 0 Å². The number of carbonyl (C=O) groups excluding carboxylic acids is 1. The zero-order valence-electron chi connectivity index (χ0n) is 10.3. The molecule has 1 rings (SSSR count). The third kappa shape index (κ3) is 5.01. The topological polar surface area (TPSA) is 104 Å². The number of rotatable bonds is 6. The Balaban J connectivity index is 2.35. The Bertz CT molecular complexity index is 420. The summed E-state index contributed by atoms with van der Waals surface area (Å²) < 4.78 is 24.0. The van der Waals surface area contributed by atoms with Gasteiger partial charge in [0, 0.05) is 26.1 Å². The van der Waals surface area contributed by atoms with Gasteiger partial charge in [0.2, 0.25) is 15.9 Å². The van der Waals surface area contributed by atoms with Crippen LogP contribution in [0.4, 0.5) is 0 Å². The van der Waals surface area contributed by atoms with Crippen molar-refractivity contribution in [3.63, 3.8) is 0 Å². The average Bonchev–Trinajstić information content (AvgIpc) is 2.24. The molecular formula is C10H18N2O5S. The second-order valence-corrected chi connectivity index (χ2v) is 6.27. The average molecular weight is 278 g/mol. The van der Waals surface area contributed by atoms with Crippen molar-refractivity contribution in [1.82, 2.24) is 9.62 Å². The van der Waals surface area contributed by atoms with E-state index in [4.69, 9.17) is 5.11 Å². The smallest absolute Gasteiger partial charge is 0.308 e. The van der Waals surface area contributed by atoms with Gasteiger partial charge in [0.05, 0.1) is 12.2 Å². The molecule has 0 spiro atoms. The lowest BCUT2D eigenvalue weighted by Crippen LogP contribution is -2.43. The summed E-state index contributed by atoms with van der Waals surface area (Å²) in [6.07, 6.45) is 2.17. The van der Waals surface area contributed by atoms with Gasteiger partial charge in [0.1, 0.15) is 0 Å². The fraction of sp³-hybridized carbons (Fsp3) is 0.800. The van der Waals surface area contributed by atoms with Crippen LogP contribution in [0, 0.1) is 5.92 Å². The number of hydrogen-bond donors (Lipinski definition) is 2. The number of aliphatic carboxylic acids is 1. The SMILES string of the molecule is CS(=O)(=O)NCCCN1CC(C(=O)O)CCC1=O. The Labute approximate surface area is 106 Å². The fourth-order valence-corrected chi connectivity index (χ4v) is 2.38. The Kier molecular flexibility index (Phi) is 5.09. The van der Waals surface area contributed by atoms with Crippen LogP contribution in [0.5, 0.6) is 0 Å². The van der Waals surface area contributed by atoms with Crippen LogP contribution >= 0.6 is 0 Å². The fourth-order valence-electron chi connectivity index (χ4n) is 1.86. The molecule has 0 aliphatic carbocycles. The summed E-state index contributed by atoms with van der Waals surface area (Å²) in [6.45, 7) is 0.846. The summed E-state index contributed by atoms with van der Waals surface area (Å²) in [5, 5.41) is 8.89. The molecule has 0 radical (unpaired) electrons. The second kappa shape index (κ2) is 6.14. The lowest BCUT2D eigenvalue weighted by molar-refractivity contribution is -0.147. The molecule has 0 aromatic heterocycles. The van der Waals surface area contributed by atoms with Crippen LogP contribution in [0.2, 0.25) is 0 Å². The van der Waals surface area contributed by atoms with Crippen LogP contribution in [0.15, 0.2) is 0 Å². The molecule has 1 fully saturated rings. The van der Waals surface area contributed by atoms with Crippen LogP contribution in [0.1, 0.15) is 19.3 Å². The summed E-state index contributed by atoms with van der Waals surface area (Å²) in [5.41, 5.74) is 0. The van der Waals surface area contributed by atoms with Gasteiger partial charge in [0.25, 0.3) is 0 Å². The predicted octanol–water partition coefficient (Wildman–Crippen LogP) is -0.751. The molecule has 1 aliphatic rings. The van der Waals surface area contributed by atoms with Crippen LogP contribution in [0.25, 0.3) is 0 Å². The van der Waals surface area contributed by atoms with E-state index in [1.54, 1.807) is 0 Å². The zero-order chi connectivity index (χ0) is 13.8. The maximum atomic E-state index is 11.5. The van der Waals surface area contributed by atoms with Gasteiger partial charge < -0.3 is 10.0 Å². The molecule has 2 N–H and O–H groups in total. The van der Waals surface area contributed by atoms with Crippen molar-refractivity contribution in [2.24, 2.45) is 5.92 Å². The van der Waals surface area contributed by atoms with Gasteiger partial charge >= 0.3 is 5.97 Å². The number of hydrogen-bond acceptors (Lipinski definition) is 4. The van der Waals surface area contributed by atoms with Crippen molar-refractivity contribution in [3.05, 3.63) is 0 Å². The normalized spacial score (nSPS) is 21.1. The van der Waals surface area contributed by atoms with Gasteiger partial charge in [-0.2, -0.15) is 0 Å². The minimum absolute atomic E-state index is 0.0631. The molecule has 1 atom stereocenters. The lowest BCUT2D eigenvalue weighted by atomic mass is 9.97. The molecule has 1 aliphatic heterocycles. The van der Waals surface area contributed by atoms with Crippen molar-refractivity contribution < 1.29 is 23.1 Å². The maximum Gasteiger partial charge on any atom is 0.308 e. The Morgan fingerprint density at radius 2 is 2.22 bits per heavy atom. The highest BCUT2D eigenvalue weighted by atomic mass is 32.2. The van der Waals surface area contributed by atoms with E-state index < -0.39 is 21.9 Å². The summed E-state index contributed by atoms with van der Waals surface area (Å²) >= 11 is 0. The third-order valence-electron chi connectivity index (χ3n) is 2.82. The molecule has 18 heavy (non-hydrogen) atoms. The number of likely N-dealkylation sites (tertiary alicyclic amines) is 1. The van der Waals surface area contributed by atoms with E-state index in [0.717, 1.165) is 6.26 Å². The first-order valence-corrected chi connectivity index (χ1v) is 7.64. The molecule has 1 heterocycles. The third-order valence-corrected chi connectivity index (χ3v) is 3.55. The van der Waals surface area contributed by atoms with Crippen molar-refractivity contribution >= 4 is 21.9 Å². The van der Waals surface area contributed by atoms with Crippen LogP contribution in [-0.2, 0) is 19.6 Å². The summed E-state index contributed by atoms with van der Waals surface area (Å²) in [6, 6.07) is 0. The minimum Gasteiger partial charge on any atom is -0.481 e. The highest BCUT2D eigenvalue weighted by molar-refractivity contribution is 7.88. The van der Waals surface area contributed by atoms with Gasteiger partial charge in [-0.15, -0.1) is 0 Å². The van der Waals surface area contributed by atoms with E-state index in [1.165, 1.54) is 4.90 Å². The maximum absolute atomic E-state index is 11.5. The highest BCUT2D eigenvalue weighted by Crippen LogP contribution is 2.17. The summed E-state index contributed by atoms with van der Waals surface area (Å²) in [7, 11) is -3.21. The number of sulfonamides is 1. The standard InChI is InChI=1S/C10H18N2O5S/c1-18(16,17)11-5-2-6-12-7-8(10(14)15)3-4-9(12)13/h8,11H,2-7H2,1H3,(H,14,15). The van der Waals surface area contributed by atoms with E-state index in [0.29, 0.717) is 19.4 Å². The van der Waals surface area contributed by atoms with Crippen LogP contribution in [-0.4, -0.2) is 56.2 Å². The lowest BCUT2D eigenvalue weighted by Gasteiger charge is -2.30. The van der Waals surface area contributed by atoms with Gasteiger partial charge in [-0.25, -0.2) is 13.1 Å². The molecule has 0 aromatic rings. The number of carboxylic acids is 1. The molecular weight excluding hydrogens is 260 g/mol. The number of carboxylic acid groups (broad SMARTS) is 1. The number of nitrogens with one attached hydrogen (secondary N) is 1. The van der Waals surface area contributed by atoms with Gasteiger partial charge in [0.15, 0.2) is 0 Å². The van der Waals surface area contributed by atoms with Crippen LogP contribution < -0.4 is 4.72 Å². The van der Waals surface area contributed by atoms with Crippen molar-refractivity contribution in [2.75, 3.05) is 25.9 Å². The molecule has 0 aromatic carbocycles. The van der Waals surface area contributed by atoms with Gasteiger partial charge in [-0.05, 0) is 12.8 Å². The molecule has 1 unspecified atom stereocenters. The van der Waals surface area contributed by atoms with Crippen molar-refractivity contribution in [1.29, 1.82) is 0 Å². The molecule has 1 amide bonds. The second-order valence-electron chi connectivity index (χ2n) is 4.43. The van der Waals surface area contributed by atoms with E-state index in [2.05, 4.69) is 4.72 Å². The first-order chi connectivity index (χ1) is 8.29. The zero-order valence-corrected chi connectivity index (χ0v) is 11.1. The number of carbonyl (C=O) groups is 2. The Morgan fingerprint density at radius 3 is 2.78 bits per heavy atom. The van der Waals surface area contributed by atoms with Gasteiger partial charge in [-0.1, -0.05) is 0 Å². The summed E-state index contributed by atoms with van der Waals surface area (Å²) in [5.74, 6) is -1.46. The van der Waals surface area contributed by atoms with E-state index in [-0.39, 0.29) is 25.4 Å². The molecule has 0 bridgehead atoms. The quantitative estimate of drug-likeness (QED) is 0.622. The molecule has 0 saturated carbocycles. The number of amides is 1. The van der Waals surface area contributed by atoms with E-state index in [9.17, 15) is 18.0 Å². The molecule has 7 nitrogen and oxygen atoms in total. The number of nitrogens with zero attached hydrogens (tertiary/aromatic N) is 1. The molecule has 104 valence electrons. The van der Waals surface area contributed by atoms with Crippen molar-refractivity contribution in [2.45, 2.75) is 19.3 Å². The van der Waals surface area contributed by atoms with Gasteiger partial charge in [-0.3, -0.25) is 9.59 Å². The van der Waals surface area contributed by atoms with Crippen molar-refractivity contribution in [3.8, 4) is 0 Å². The molecule has 8 heteroatoms. The Morgan fingerprint density at radius 1 is 1.56 bits per heavy atom. The van der Waals surface area contributed by atoms with E-state index in [1.807, 2.05) is 0 Å². The summed E-state index contributed by atoms with van der Waals surface area (Å²) in [4.78, 5) is 23.9.